The lowest BCUT2D eigenvalue weighted by atomic mass is 10.1. The van der Waals surface area contributed by atoms with Crippen molar-refractivity contribution in [1.29, 1.82) is 0 Å². The molecule has 0 aliphatic rings. The van der Waals surface area contributed by atoms with Crippen LogP contribution in [-0.4, -0.2) is 10.2 Å². The van der Waals surface area contributed by atoms with Crippen molar-refractivity contribution in [2.45, 2.75) is 0 Å². The predicted molar refractivity (Wildman–Crippen MR) is 44.1 cm³/mol. The summed E-state index contributed by atoms with van der Waals surface area (Å²) in [6.45, 7) is 3.52. The van der Waals surface area contributed by atoms with E-state index in [1.165, 1.54) is 0 Å². The van der Waals surface area contributed by atoms with E-state index in [2.05, 4.69) is 11.6 Å². The van der Waals surface area contributed by atoms with Crippen LogP contribution in [0.3, 0.4) is 0 Å². The molecule has 1 rings (SSSR count). The van der Waals surface area contributed by atoms with Gasteiger partial charge in [0.2, 0.25) is 0 Å². The van der Waals surface area contributed by atoms with Gasteiger partial charge in [-0.1, -0.05) is 6.58 Å². The van der Waals surface area contributed by atoms with Crippen molar-refractivity contribution in [2.24, 2.45) is 0 Å². The van der Waals surface area contributed by atoms with E-state index >= 15 is 0 Å². The van der Waals surface area contributed by atoms with Gasteiger partial charge in [-0.2, -0.15) is 0 Å². The summed E-state index contributed by atoms with van der Waals surface area (Å²) in [5, 5.41) is -0.531. The fourth-order valence-electron chi connectivity index (χ4n) is 0.667. The van der Waals surface area contributed by atoms with Crippen LogP contribution in [0.2, 0.25) is 0 Å². The quantitative estimate of drug-likeness (QED) is 0.497. The summed E-state index contributed by atoms with van der Waals surface area (Å²) >= 11 is 5.20. The van der Waals surface area contributed by atoms with Gasteiger partial charge < -0.3 is 0 Å². The Bertz CT molecular complexity index is 281. The molecule has 0 bridgehead atoms. The van der Waals surface area contributed by atoms with Crippen LogP contribution in [0.4, 0.5) is 0 Å². The van der Waals surface area contributed by atoms with E-state index in [0.29, 0.717) is 11.1 Å². The van der Waals surface area contributed by atoms with Crippen LogP contribution in [-0.2, 0) is 4.79 Å². The van der Waals surface area contributed by atoms with Crippen molar-refractivity contribution in [3.05, 3.63) is 36.7 Å². The Morgan fingerprint density at radius 3 is 2.45 bits per heavy atom. The van der Waals surface area contributed by atoms with E-state index in [4.69, 9.17) is 11.6 Å². The Morgan fingerprint density at radius 2 is 2.00 bits per heavy atom. The average Bonchev–Trinajstić information content (AvgIpc) is 2.05. The fourth-order valence-corrected chi connectivity index (χ4v) is 0.776. The summed E-state index contributed by atoms with van der Waals surface area (Å²) in [5.74, 6) is 0. The molecule has 1 heterocycles. The van der Waals surface area contributed by atoms with E-state index in [1.54, 1.807) is 24.5 Å². The average molecular weight is 168 g/mol. The molecule has 0 aliphatic carbocycles. The molecule has 0 unspecified atom stereocenters. The Balaban J connectivity index is 2.95. The molecule has 0 fully saturated rings. The van der Waals surface area contributed by atoms with Gasteiger partial charge in [0.15, 0.2) is 0 Å². The number of aromatic nitrogens is 1. The maximum absolute atomic E-state index is 10.6. The molecule has 3 heteroatoms. The zero-order valence-corrected chi connectivity index (χ0v) is 6.51. The van der Waals surface area contributed by atoms with E-state index < -0.39 is 5.24 Å². The van der Waals surface area contributed by atoms with Crippen molar-refractivity contribution < 1.29 is 4.79 Å². The van der Waals surface area contributed by atoms with Crippen LogP contribution in [0, 0.1) is 0 Å². The van der Waals surface area contributed by atoms with Crippen molar-refractivity contribution >= 4 is 22.4 Å². The first-order valence-corrected chi connectivity index (χ1v) is 3.39. The highest BCUT2D eigenvalue weighted by Gasteiger charge is 2.03. The molecule has 0 radical (unpaired) electrons. The number of hydrogen-bond donors (Lipinski definition) is 0. The lowest BCUT2D eigenvalue weighted by Gasteiger charge is -1.96. The van der Waals surface area contributed by atoms with Gasteiger partial charge >= 0.3 is 0 Å². The van der Waals surface area contributed by atoms with Crippen LogP contribution in [0.15, 0.2) is 31.1 Å². The van der Waals surface area contributed by atoms with Crippen molar-refractivity contribution in [3.8, 4) is 0 Å². The summed E-state index contributed by atoms with van der Waals surface area (Å²) < 4.78 is 0. The van der Waals surface area contributed by atoms with Gasteiger partial charge in [-0.25, -0.2) is 0 Å². The zero-order valence-electron chi connectivity index (χ0n) is 5.75. The van der Waals surface area contributed by atoms with Gasteiger partial charge in [0.25, 0.3) is 5.24 Å². The highest BCUT2D eigenvalue weighted by Crippen LogP contribution is 2.12. The van der Waals surface area contributed by atoms with Gasteiger partial charge in [-0.15, -0.1) is 0 Å². The predicted octanol–water partition coefficient (Wildman–Crippen LogP) is 1.86. The third kappa shape index (κ3) is 1.88. The molecule has 0 saturated heterocycles. The van der Waals surface area contributed by atoms with Crippen molar-refractivity contribution in [2.75, 3.05) is 0 Å². The fraction of sp³-hybridized carbons (Fsp3) is 0. The lowest BCUT2D eigenvalue weighted by molar-refractivity contribution is -0.106. The molecule has 1 aromatic rings. The monoisotopic (exact) mass is 167 g/mol. The minimum absolute atomic E-state index is 0.300. The molecule has 0 atom stereocenters. The summed E-state index contributed by atoms with van der Waals surface area (Å²) in [6.07, 6.45) is 3.17. The zero-order chi connectivity index (χ0) is 8.27. The second-order valence-electron chi connectivity index (χ2n) is 1.99. The SMILES string of the molecule is C=C(C(=O)Cl)c1ccncc1. The van der Waals surface area contributed by atoms with Crippen molar-refractivity contribution in [3.63, 3.8) is 0 Å². The molecule has 56 valence electrons. The lowest BCUT2D eigenvalue weighted by Crippen LogP contribution is -1.90. The maximum atomic E-state index is 10.6. The second kappa shape index (κ2) is 3.30. The Labute approximate surface area is 69.5 Å². The van der Waals surface area contributed by atoms with Gasteiger partial charge in [-0.3, -0.25) is 9.78 Å². The summed E-state index contributed by atoms with van der Waals surface area (Å²) in [6, 6.07) is 3.37. The highest BCUT2D eigenvalue weighted by molar-refractivity contribution is 6.74. The smallest absolute Gasteiger partial charge is 0.252 e. The van der Waals surface area contributed by atoms with Crippen molar-refractivity contribution in [1.82, 2.24) is 4.98 Å². The van der Waals surface area contributed by atoms with E-state index in [1.807, 2.05) is 0 Å². The second-order valence-corrected chi connectivity index (χ2v) is 2.33. The summed E-state index contributed by atoms with van der Waals surface area (Å²) in [4.78, 5) is 14.4. The first kappa shape index (κ1) is 7.95. The molecule has 0 saturated carbocycles. The molecule has 0 spiro atoms. The first-order valence-electron chi connectivity index (χ1n) is 3.01. The number of halogens is 1. The Kier molecular flexibility index (Phi) is 2.39. The van der Waals surface area contributed by atoms with Crippen LogP contribution in [0.1, 0.15) is 5.56 Å². The van der Waals surface area contributed by atoms with E-state index in [9.17, 15) is 4.79 Å². The van der Waals surface area contributed by atoms with Gasteiger partial charge in [-0.05, 0) is 29.3 Å². The van der Waals surface area contributed by atoms with Crippen LogP contribution >= 0.6 is 11.6 Å². The Morgan fingerprint density at radius 1 is 1.45 bits per heavy atom. The number of nitrogens with zero attached hydrogens (tertiary/aromatic N) is 1. The van der Waals surface area contributed by atoms with Gasteiger partial charge in [0.05, 0.1) is 0 Å². The van der Waals surface area contributed by atoms with E-state index in [0.717, 1.165) is 0 Å². The first-order chi connectivity index (χ1) is 5.22. The molecule has 1 aromatic heterocycles. The summed E-state index contributed by atoms with van der Waals surface area (Å²) in [7, 11) is 0. The Hall–Kier alpha value is -1.15. The molecule has 0 aromatic carbocycles. The highest BCUT2D eigenvalue weighted by atomic mass is 35.5. The number of hydrogen-bond acceptors (Lipinski definition) is 2. The number of pyridine rings is 1. The third-order valence-electron chi connectivity index (χ3n) is 1.27. The normalized spacial score (nSPS) is 9.18. The number of allylic oxidation sites excluding steroid dienone is 1. The third-order valence-corrected chi connectivity index (χ3v) is 1.49. The molecular weight excluding hydrogens is 162 g/mol. The number of carbonyl (C=O) groups is 1. The van der Waals surface area contributed by atoms with E-state index in [-0.39, 0.29) is 0 Å². The number of rotatable bonds is 2. The van der Waals surface area contributed by atoms with Gasteiger partial charge in [0.1, 0.15) is 0 Å². The minimum atomic E-state index is -0.531. The molecule has 0 aliphatic heterocycles. The number of carbonyl (C=O) groups excluding carboxylic acids is 1. The molecule has 11 heavy (non-hydrogen) atoms. The van der Waals surface area contributed by atoms with Gasteiger partial charge in [0, 0.05) is 18.0 Å². The maximum Gasteiger partial charge on any atom is 0.252 e. The molecule has 0 N–H and O–H groups in total. The van der Waals surface area contributed by atoms with Crippen LogP contribution < -0.4 is 0 Å². The van der Waals surface area contributed by atoms with Crippen LogP contribution in [0.5, 0.6) is 0 Å². The van der Waals surface area contributed by atoms with Crippen LogP contribution in [0.25, 0.3) is 5.57 Å². The standard InChI is InChI=1S/C8H6ClNO/c1-6(8(9)11)7-2-4-10-5-3-7/h2-5H,1H2. The minimum Gasteiger partial charge on any atom is -0.276 e. The topological polar surface area (TPSA) is 30.0 Å². The summed E-state index contributed by atoms with van der Waals surface area (Å²) in [5.41, 5.74) is 1.01. The molecular formula is C8H6ClNO. The molecule has 0 amide bonds. The molecule has 2 nitrogen and oxygen atoms in total. The largest absolute Gasteiger partial charge is 0.276 e.